The molecule has 0 saturated heterocycles. The summed E-state index contributed by atoms with van der Waals surface area (Å²) in [6.45, 7) is 1.95. The SMILES string of the molecule is CC(N)(c1ncon1)C1CC1. The van der Waals surface area contributed by atoms with Crippen molar-refractivity contribution in [3.8, 4) is 0 Å². The third-order valence-corrected chi connectivity index (χ3v) is 2.27. The molecule has 0 aliphatic heterocycles. The fourth-order valence-electron chi connectivity index (χ4n) is 1.27. The van der Waals surface area contributed by atoms with Gasteiger partial charge in [-0.15, -0.1) is 0 Å². The Bertz CT molecular complexity index is 238. The van der Waals surface area contributed by atoms with Crippen LogP contribution in [0.25, 0.3) is 0 Å². The lowest BCUT2D eigenvalue weighted by molar-refractivity contribution is 0.354. The van der Waals surface area contributed by atoms with Crippen LogP contribution in [0.4, 0.5) is 0 Å². The van der Waals surface area contributed by atoms with Gasteiger partial charge < -0.3 is 10.3 Å². The summed E-state index contributed by atoms with van der Waals surface area (Å²) in [6, 6.07) is 0. The summed E-state index contributed by atoms with van der Waals surface area (Å²) >= 11 is 0. The molecule has 1 atom stereocenters. The van der Waals surface area contributed by atoms with Gasteiger partial charge in [-0.25, -0.2) is 0 Å². The van der Waals surface area contributed by atoms with Gasteiger partial charge in [-0.2, -0.15) is 4.98 Å². The largest absolute Gasteiger partial charge is 0.343 e. The molecular weight excluding hydrogens is 142 g/mol. The van der Waals surface area contributed by atoms with Crippen LogP contribution < -0.4 is 5.73 Å². The normalized spacial score (nSPS) is 23.1. The van der Waals surface area contributed by atoms with Gasteiger partial charge in [0.25, 0.3) is 0 Å². The van der Waals surface area contributed by atoms with Crippen molar-refractivity contribution in [3.63, 3.8) is 0 Å². The van der Waals surface area contributed by atoms with Gasteiger partial charge in [0.05, 0.1) is 5.54 Å². The lowest BCUT2D eigenvalue weighted by Crippen LogP contribution is -2.36. The highest BCUT2D eigenvalue weighted by Gasteiger charge is 2.42. The van der Waals surface area contributed by atoms with E-state index in [4.69, 9.17) is 5.73 Å². The predicted molar refractivity (Wildman–Crippen MR) is 38.6 cm³/mol. The van der Waals surface area contributed by atoms with E-state index >= 15 is 0 Å². The third kappa shape index (κ3) is 1.03. The van der Waals surface area contributed by atoms with Crippen molar-refractivity contribution in [1.29, 1.82) is 0 Å². The van der Waals surface area contributed by atoms with Crippen molar-refractivity contribution in [2.24, 2.45) is 11.7 Å². The molecule has 1 saturated carbocycles. The second-order valence-corrected chi connectivity index (χ2v) is 3.31. The maximum absolute atomic E-state index is 6.00. The fraction of sp³-hybridized carbons (Fsp3) is 0.714. The Kier molecular flexibility index (Phi) is 1.26. The number of hydrogen-bond donors (Lipinski definition) is 1. The molecule has 2 N–H and O–H groups in total. The maximum atomic E-state index is 6.00. The molecule has 4 heteroatoms. The summed E-state index contributed by atoms with van der Waals surface area (Å²) in [6.07, 6.45) is 3.69. The highest BCUT2D eigenvalue weighted by Crippen LogP contribution is 2.42. The van der Waals surface area contributed by atoms with Gasteiger partial charge in [0.1, 0.15) is 0 Å². The van der Waals surface area contributed by atoms with E-state index in [1.165, 1.54) is 19.2 Å². The molecule has 1 aliphatic rings. The summed E-state index contributed by atoms with van der Waals surface area (Å²) in [5, 5.41) is 3.74. The van der Waals surface area contributed by atoms with Crippen LogP contribution in [0.5, 0.6) is 0 Å². The van der Waals surface area contributed by atoms with Gasteiger partial charge in [-0.3, -0.25) is 0 Å². The minimum Gasteiger partial charge on any atom is -0.343 e. The van der Waals surface area contributed by atoms with E-state index in [-0.39, 0.29) is 5.54 Å². The van der Waals surface area contributed by atoms with Crippen molar-refractivity contribution in [1.82, 2.24) is 10.1 Å². The number of rotatable bonds is 2. The Balaban J connectivity index is 2.26. The van der Waals surface area contributed by atoms with Crippen LogP contribution in [-0.4, -0.2) is 10.1 Å². The van der Waals surface area contributed by atoms with E-state index < -0.39 is 0 Å². The van der Waals surface area contributed by atoms with Gasteiger partial charge in [-0.1, -0.05) is 5.16 Å². The van der Waals surface area contributed by atoms with E-state index in [9.17, 15) is 0 Å². The van der Waals surface area contributed by atoms with Crippen molar-refractivity contribution >= 4 is 0 Å². The van der Waals surface area contributed by atoms with Crippen LogP contribution in [0.2, 0.25) is 0 Å². The Morgan fingerprint density at radius 3 is 2.91 bits per heavy atom. The fourth-order valence-corrected chi connectivity index (χ4v) is 1.27. The molecule has 0 aromatic carbocycles. The molecule has 2 rings (SSSR count). The topological polar surface area (TPSA) is 64.9 Å². The zero-order valence-corrected chi connectivity index (χ0v) is 6.45. The summed E-state index contributed by atoms with van der Waals surface area (Å²) < 4.78 is 4.64. The molecule has 0 amide bonds. The van der Waals surface area contributed by atoms with E-state index in [1.807, 2.05) is 6.92 Å². The van der Waals surface area contributed by atoms with Crippen LogP contribution in [0.3, 0.4) is 0 Å². The zero-order valence-electron chi connectivity index (χ0n) is 6.45. The lowest BCUT2D eigenvalue weighted by Gasteiger charge is -2.18. The quantitative estimate of drug-likeness (QED) is 0.677. The molecule has 1 fully saturated rings. The first-order valence-electron chi connectivity index (χ1n) is 3.77. The van der Waals surface area contributed by atoms with Gasteiger partial charge in [0, 0.05) is 0 Å². The zero-order chi connectivity index (χ0) is 7.90. The molecule has 4 nitrogen and oxygen atoms in total. The molecule has 0 radical (unpaired) electrons. The molecule has 0 bridgehead atoms. The Morgan fingerprint density at radius 1 is 1.73 bits per heavy atom. The van der Waals surface area contributed by atoms with E-state index in [2.05, 4.69) is 14.7 Å². The summed E-state index contributed by atoms with van der Waals surface area (Å²) in [5.41, 5.74) is 5.62. The number of nitrogens with two attached hydrogens (primary N) is 1. The van der Waals surface area contributed by atoms with Crippen molar-refractivity contribution in [2.45, 2.75) is 25.3 Å². The molecule has 11 heavy (non-hydrogen) atoms. The lowest BCUT2D eigenvalue weighted by atomic mass is 9.97. The third-order valence-electron chi connectivity index (χ3n) is 2.27. The first-order chi connectivity index (χ1) is 5.21. The van der Waals surface area contributed by atoms with Crippen LogP contribution in [0.15, 0.2) is 10.9 Å². The van der Waals surface area contributed by atoms with Crippen molar-refractivity contribution in [2.75, 3.05) is 0 Å². The van der Waals surface area contributed by atoms with Gasteiger partial charge in [0.15, 0.2) is 5.82 Å². The Morgan fingerprint density at radius 2 is 2.45 bits per heavy atom. The van der Waals surface area contributed by atoms with Gasteiger partial charge in [0.2, 0.25) is 6.39 Å². The van der Waals surface area contributed by atoms with Gasteiger partial charge in [-0.05, 0) is 25.7 Å². The molecule has 1 heterocycles. The van der Waals surface area contributed by atoms with Crippen LogP contribution in [-0.2, 0) is 5.54 Å². The summed E-state index contributed by atoms with van der Waals surface area (Å²) in [7, 11) is 0. The average molecular weight is 153 g/mol. The van der Waals surface area contributed by atoms with Gasteiger partial charge >= 0.3 is 0 Å². The average Bonchev–Trinajstić information content (AvgIpc) is 2.66. The minimum atomic E-state index is -0.382. The van der Waals surface area contributed by atoms with E-state index in [0.717, 1.165) is 0 Å². The molecule has 1 unspecified atom stereocenters. The monoisotopic (exact) mass is 153 g/mol. The Labute approximate surface area is 64.8 Å². The van der Waals surface area contributed by atoms with Crippen molar-refractivity contribution < 1.29 is 4.52 Å². The molecule has 1 aromatic heterocycles. The van der Waals surface area contributed by atoms with Crippen LogP contribution in [0, 0.1) is 5.92 Å². The standard InChI is InChI=1S/C7H11N3O/c1-7(8,5-2-3-5)6-9-4-11-10-6/h4-5H,2-3,8H2,1H3. The number of aromatic nitrogens is 2. The van der Waals surface area contributed by atoms with E-state index in [1.54, 1.807) is 0 Å². The second kappa shape index (κ2) is 2.04. The molecule has 0 spiro atoms. The summed E-state index contributed by atoms with van der Waals surface area (Å²) in [5.74, 6) is 1.17. The molecular formula is C7H11N3O. The summed E-state index contributed by atoms with van der Waals surface area (Å²) in [4.78, 5) is 3.95. The second-order valence-electron chi connectivity index (χ2n) is 3.31. The van der Waals surface area contributed by atoms with Crippen LogP contribution in [0.1, 0.15) is 25.6 Å². The Hall–Kier alpha value is -0.900. The number of nitrogens with zero attached hydrogens (tertiary/aromatic N) is 2. The smallest absolute Gasteiger partial charge is 0.213 e. The first kappa shape index (κ1) is 6.79. The molecule has 1 aromatic rings. The van der Waals surface area contributed by atoms with E-state index in [0.29, 0.717) is 11.7 Å². The predicted octanol–water partition coefficient (Wildman–Crippen LogP) is 0.653. The first-order valence-corrected chi connectivity index (χ1v) is 3.77. The van der Waals surface area contributed by atoms with Crippen molar-refractivity contribution in [3.05, 3.63) is 12.2 Å². The number of hydrogen-bond acceptors (Lipinski definition) is 4. The maximum Gasteiger partial charge on any atom is 0.213 e. The molecule has 1 aliphatic carbocycles. The minimum absolute atomic E-state index is 0.382. The molecule has 60 valence electrons. The highest BCUT2D eigenvalue weighted by molar-refractivity contribution is 5.07. The van der Waals surface area contributed by atoms with Crippen LogP contribution >= 0.6 is 0 Å². The highest BCUT2D eigenvalue weighted by atomic mass is 16.5.